The predicted molar refractivity (Wildman–Crippen MR) is 93.1 cm³/mol. The molecule has 1 aliphatic heterocycles. The molecule has 4 rings (SSSR count). The third-order valence-electron chi connectivity index (χ3n) is 4.90. The van der Waals surface area contributed by atoms with Gasteiger partial charge in [-0.2, -0.15) is 0 Å². The molecule has 0 spiro atoms. The maximum absolute atomic E-state index is 13.8. The van der Waals surface area contributed by atoms with Gasteiger partial charge in [-0.3, -0.25) is 9.36 Å². The summed E-state index contributed by atoms with van der Waals surface area (Å²) in [5.41, 5.74) is 1.18. The van der Waals surface area contributed by atoms with Crippen molar-refractivity contribution in [2.24, 2.45) is 0 Å². The third kappa shape index (κ3) is 2.79. The third-order valence-corrected chi connectivity index (χ3v) is 4.90. The topological polar surface area (TPSA) is 58.1 Å². The maximum Gasteiger partial charge on any atom is 0.326 e. The van der Waals surface area contributed by atoms with Gasteiger partial charge >= 0.3 is 5.69 Å². The first-order valence-electron chi connectivity index (χ1n) is 8.48. The molecule has 0 radical (unpaired) electrons. The van der Waals surface area contributed by atoms with E-state index in [0.717, 1.165) is 29.2 Å². The Bertz CT molecular complexity index is 1030. The van der Waals surface area contributed by atoms with Crippen molar-refractivity contribution in [3.8, 4) is 0 Å². The van der Waals surface area contributed by atoms with Crippen molar-refractivity contribution in [2.75, 3.05) is 13.1 Å². The van der Waals surface area contributed by atoms with Crippen LogP contribution in [0.25, 0.3) is 11.0 Å². The summed E-state index contributed by atoms with van der Waals surface area (Å²) >= 11 is 0. The number of nitrogens with one attached hydrogen (secondary N) is 1. The van der Waals surface area contributed by atoms with E-state index in [4.69, 9.17) is 0 Å². The normalized spacial score (nSPS) is 15.5. The van der Waals surface area contributed by atoms with Crippen LogP contribution in [0.5, 0.6) is 0 Å². The number of hydrogen-bond acceptors (Lipinski definition) is 2. The molecule has 3 aromatic rings. The van der Waals surface area contributed by atoms with Gasteiger partial charge in [-0.25, -0.2) is 13.6 Å². The number of carbonyl (C=O) groups excluding carboxylic acids is 1. The summed E-state index contributed by atoms with van der Waals surface area (Å²) < 4.78 is 28.9. The molecule has 1 aliphatic rings. The van der Waals surface area contributed by atoms with E-state index in [-0.39, 0.29) is 17.3 Å². The summed E-state index contributed by atoms with van der Waals surface area (Å²) in [5.74, 6) is -1.90. The Morgan fingerprint density at radius 3 is 2.58 bits per heavy atom. The fourth-order valence-corrected chi connectivity index (χ4v) is 3.60. The summed E-state index contributed by atoms with van der Waals surface area (Å²) in [6, 6.07) is 10.3. The van der Waals surface area contributed by atoms with Gasteiger partial charge in [0.1, 0.15) is 11.6 Å². The minimum Gasteiger partial charge on any atom is -0.338 e. The predicted octanol–water partition coefficient (Wildman–Crippen LogP) is 3.09. The van der Waals surface area contributed by atoms with Crippen LogP contribution in [0, 0.1) is 11.6 Å². The maximum atomic E-state index is 13.8. The zero-order valence-electron chi connectivity index (χ0n) is 13.9. The Kier molecular flexibility index (Phi) is 4.06. The van der Waals surface area contributed by atoms with E-state index in [2.05, 4.69) is 4.98 Å². The number of halogens is 2. The number of amides is 1. The lowest BCUT2D eigenvalue weighted by Gasteiger charge is -2.32. The average Bonchev–Trinajstić information content (AvgIpc) is 2.99. The highest BCUT2D eigenvalue weighted by molar-refractivity contribution is 5.94. The van der Waals surface area contributed by atoms with Crippen molar-refractivity contribution in [3.05, 3.63) is 70.1 Å². The monoisotopic (exact) mass is 357 g/mol. The Hall–Kier alpha value is -2.96. The van der Waals surface area contributed by atoms with Crippen molar-refractivity contribution in [1.82, 2.24) is 14.5 Å². The summed E-state index contributed by atoms with van der Waals surface area (Å²) in [5, 5.41) is 0. The number of aromatic nitrogens is 2. The second-order valence-electron chi connectivity index (χ2n) is 6.46. The number of likely N-dealkylation sites (tertiary alicyclic amines) is 1. The van der Waals surface area contributed by atoms with Gasteiger partial charge in [-0.15, -0.1) is 0 Å². The van der Waals surface area contributed by atoms with Gasteiger partial charge in [-0.1, -0.05) is 12.1 Å². The summed E-state index contributed by atoms with van der Waals surface area (Å²) in [6.45, 7) is 0.761. The number of carbonyl (C=O) groups is 1. The van der Waals surface area contributed by atoms with E-state index >= 15 is 0 Å². The van der Waals surface area contributed by atoms with Gasteiger partial charge in [0.25, 0.3) is 5.91 Å². The van der Waals surface area contributed by atoms with Crippen LogP contribution in [-0.2, 0) is 0 Å². The van der Waals surface area contributed by atoms with Crippen LogP contribution in [0.3, 0.4) is 0 Å². The van der Waals surface area contributed by atoms with Crippen LogP contribution < -0.4 is 5.69 Å². The van der Waals surface area contributed by atoms with Crippen LogP contribution in [0.1, 0.15) is 29.2 Å². The van der Waals surface area contributed by atoms with Crippen LogP contribution >= 0.6 is 0 Å². The first kappa shape index (κ1) is 16.5. The molecule has 1 amide bonds. The van der Waals surface area contributed by atoms with Gasteiger partial charge in [0.2, 0.25) is 0 Å². The number of nitrogens with zero attached hydrogens (tertiary/aromatic N) is 2. The summed E-state index contributed by atoms with van der Waals surface area (Å²) in [6.07, 6.45) is 1.15. The number of imidazole rings is 1. The fraction of sp³-hybridized carbons (Fsp3) is 0.263. The number of aromatic amines is 1. The number of rotatable bonds is 2. The molecule has 0 unspecified atom stereocenters. The number of fused-ring (bicyclic) bond motifs is 1. The molecule has 0 aliphatic carbocycles. The number of benzene rings is 2. The zero-order chi connectivity index (χ0) is 18.3. The first-order chi connectivity index (χ1) is 12.5. The van der Waals surface area contributed by atoms with E-state index in [1.165, 1.54) is 4.90 Å². The molecule has 1 aromatic heterocycles. The Morgan fingerprint density at radius 2 is 1.81 bits per heavy atom. The molecule has 7 heteroatoms. The van der Waals surface area contributed by atoms with Gasteiger partial charge in [0, 0.05) is 19.1 Å². The lowest BCUT2D eigenvalue weighted by atomic mass is 10.0. The molecular formula is C19H17F2N3O2. The van der Waals surface area contributed by atoms with Crippen molar-refractivity contribution in [3.63, 3.8) is 0 Å². The van der Waals surface area contributed by atoms with Gasteiger partial charge in [0.05, 0.1) is 16.6 Å². The van der Waals surface area contributed by atoms with E-state index < -0.39 is 17.5 Å². The van der Waals surface area contributed by atoms with Gasteiger partial charge in [-0.05, 0) is 43.2 Å². The van der Waals surface area contributed by atoms with E-state index in [1.54, 1.807) is 4.57 Å². The Labute approximate surface area is 147 Å². The SMILES string of the molecule is O=C(c1cc(F)ccc1F)N1CCC(n2c(=O)[nH]c3ccccc32)CC1. The molecule has 2 aromatic carbocycles. The largest absolute Gasteiger partial charge is 0.338 e. The number of H-pyrrole nitrogens is 1. The second kappa shape index (κ2) is 6.40. The minimum absolute atomic E-state index is 0.0416. The Morgan fingerprint density at radius 1 is 1.08 bits per heavy atom. The molecular weight excluding hydrogens is 340 g/mol. The number of para-hydroxylation sites is 2. The highest BCUT2D eigenvalue weighted by Gasteiger charge is 2.28. The quantitative estimate of drug-likeness (QED) is 0.766. The molecule has 1 fully saturated rings. The first-order valence-corrected chi connectivity index (χ1v) is 8.48. The van der Waals surface area contributed by atoms with Gasteiger partial charge in [0.15, 0.2) is 0 Å². The highest BCUT2D eigenvalue weighted by atomic mass is 19.1. The Balaban J connectivity index is 1.54. The van der Waals surface area contributed by atoms with Crippen LogP contribution in [0.4, 0.5) is 8.78 Å². The molecule has 0 bridgehead atoms. The zero-order valence-corrected chi connectivity index (χ0v) is 13.9. The molecule has 5 nitrogen and oxygen atoms in total. The molecule has 1 saturated heterocycles. The molecule has 0 atom stereocenters. The van der Waals surface area contributed by atoms with E-state index in [0.29, 0.717) is 25.9 Å². The lowest BCUT2D eigenvalue weighted by Crippen LogP contribution is -2.40. The van der Waals surface area contributed by atoms with Crippen molar-refractivity contribution in [2.45, 2.75) is 18.9 Å². The molecule has 2 heterocycles. The summed E-state index contributed by atoms with van der Waals surface area (Å²) in [4.78, 5) is 29.1. The number of hydrogen-bond donors (Lipinski definition) is 1. The molecule has 134 valence electrons. The van der Waals surface area contributed by atoms with Crippen LogP contribution in [0.15, 0.2) is 47.3 Å². The van der Waals surface area contributed by atoms with Crippen molar-refractivity contribution >= 4 is 16.9 Å². The fourth-order valence-electron chi connectivity index (χ4n) is 3.60. The van der Waals surface area contributed by atoms with Crippen LogP contribution in [-0.4, -0.2) is 33.4 Å². The highest BCUT2D eigenvalue weighted by Crippen LogP contribution is 2.26. The van der Waals surface area contributed by atoms with Crippen molar-refractivity contribution in [1.29, 1.82) is 0 Å². The van der Waals surface area contributed by atoms with Crippen LogP contribution in [0.2, 0.25) is 0 Å². The van der Waals surface area contributed by atoms with E-state index in [1.807, 2.05) is 24.3 Å². The molecule has 26 heavy (non-hydrogen) atoms. The van der Waals surface area contributed by atoms with Gasteiger partial charge < -0.3 is 9.88 Å². The summed E-state index contributed by atoms with van der Waals surface area (Å²) in [7, 11) is 0. The number of piperidine rings is 1. The minimum atomic E-state index is -0.730. The van der Waals surface area contributed by atoms with Crippen molar-refractivity contribution < 1.29 is 13.6 Å². The smallest absolute Gasteiger partial charge is 0.326 e. The average molecular weight is 357 g/mol. The molecule has 0 saturated carbocycles. The lowest BCUT2D eigenvalue weighted by molar-refractivity contribution is 0.0689. The van der Waals surface area contributed by atoms with E-state index in [9.17, 15) is 18.4 Å². The second-order valence-corrected chi connectivity index (χ2v) is 6.46. The molecule has 1 N–H and O–H groups in total. The standard InChI is InChI=1S/C19H17F2N3O2/c20-12-5-6-15(21)14(11-12)18(25)23-9-7-13(8-10-23)24-17-4-2-1-3-16(17)22-19(24)26/h1-6,11,13H,7-10H2,(H,22,26).